The van der Waals surface area contributed by atoms with Crippen molar-refractivity contribution < 1.29 is 23.4 Å². The molecule has 0 spiro atoms. The Hall–Kier alpha value is -2.82. The molecular formula is C32H45FO4. The number of carbonyl (C=O) groups is 1. The Labute approximate surface area is 223 Å². The molecule has 0 amide bonds. The average molecular weight is 513 g/mol. The molecule has 0 aromatic heterocycles. The summed E-state index contributed by atoms with van der Waals surface area (Å²) in [4.78, 5) is 12.2. The smallest absolute Gasteiger partial charge is 0.338 e. The zero-order chi connectivity index (χ0) is 26.7. The highest BCUT2D eigenvalue weighted by Gasteiger charge is 2.17. The van der Waals surface area contributed by atoms with Crippen LogP contribution < -0.4 is 4.74 Å². The Balaban J connectivity index is 1.61. The molecule has 0 aliphatic carbocycles. The third kappa shape index (κ3) is 12.3. The third-order valence-electron chi connectivity index (χ3n) is 6.74. The van der Waals surface area contributed by atoms with Crippen LogP contribution in [0.15, 0.2) is 61.4 Å². The number of esters is 1. The number of hydrogen-bond acceptors (Lipinski definition) is 4. The average Bonchev–Trinajstić information content (AvgIpc) is 2.94. The first-order valence-electron chi connectivity index (χ1n) is 13.9. The Bertz CT molecular complexity index is 879. The first-order valence-corrected chi connectivity index (χ1v) is 13.9. The molecular weight excluding hydrogens is 467 g/mol. The van der Waals surface area contributed by atoms with Gasteiger partial charge in [-0.15, -0.1) is 0 Å². The van der Waals surface area contributed by atoms with Crippen molar-refractivity contribution in [2.45, 2.75) is 84.2 Å². The Morgan fingerprint density at radius 1 is 0.838 bits per heavy atom. The molecule has 0 N–H and O–H groups in total. The Morgan fingerprint density at radius 3 is 1.89 bits per heavy atom. The maximum absolute atomic E-state index is 13.9. The van der Waals surface area contributed by atoms with Gasteiger partial charge in [-0.1, -0.05) is 96.1 Å². The van der Waals surface area contributed by atoms with Crippen molar-refractivity contribution in [3.05, 3.63) is 66.9 Å². The van der Waals surface area contributed by atoms with Gasteiger partial charge in [0.25, 0.3) is 0 Å². The lowest BCUT2D eigenvalue weighted by Gasteiger charge is -2.14. The van der Waals surface area contributed by atoms with E-state index in [0.717, 1.165) is 42.9 Å². The number of rotatable bonds is 20. The van der Waals surface area contributed by atoms with E-state index in [-0.39, 0.29) is 12.5 Å². The zero-order valence-corrected chi connectivity index (χ0v) is 22.8. The second-order valence-electron chi connectivity index (χ2n) is 9.67. The van der Waals surface area contributed by atoms with E-state index in [1.807, 2.05) is 50.2 Å². The number of alkyl halides is 1. The van der Waals surface area contributed by atoms with Crippen molar-refractivity contribution in [2.75, 3.05) is 19.8 Å². The van der Waals surface area contributed by atoms with Crippen molar-refractivity contribution in [3.8, 4) is 16.9 Å². The van der Waals surface area contributed by atoms with E-state index in [9.17, 15) is 9.18 Å². The molecule has 2 rings (SSSR count). The van der Waals surface area contributed by atoms with Crippen LogP contribution in [0.25, 0.3) is 11.1 Å². The minimum Gasteiger partial charge on any atom is -0.502 e. The van der Waals surface area contributed by atoms with E-state index >= 15 is 0 Å². The molecule has 37 heavy (non-hydrogen) atoms. The van der Waals surface area contributed by atoms with Gasteiger partial charge in [-0.3, -0.25) is 0 Å². The molecule has 5 heteroatoms. The lowest BCUT2D eigenvalue weighted by atomic mass is 10.0. The second kappa shape index (κ2) is 18.4. The Morgan fingerprint density at radius 2 is 1.35 bits per heavy atom. The van der Waals surface area contributed by atoms with Gasteiger partial charge in [-0.2, -0.15) is 0 Å². The molecule has 0 saturated carbocycles. The van der Waals surface area contributed by atoms with Gasteiger partial charge in [-0.05, 0) is 54.2 Å². The molecule has 204 valence electrons. The molecule has 0 heterocycles. The van der Waals surface area contributed by atoms with Gasteiger partial charge in [0.15, 0.2) is 0 Å². The van der Waals surface area contributed by atoms with Crippen LogP contribution >= 0.6 is 0 Å². The predicted molar refractivity (Wildman–Crippen MR) is 150 cm³/mol. The van der Waals surface area contributed by atoms with Crippen molar-refractivity contribution >= 4 is 5.97 Å². The first-order chi connectivity index (χ1) is 18.0. The largest absolute Gasteiger partial charge is 0.502 e. The minimum atomic E-state index is -1.14. The van der Waals surface area contributed by atoms with E-state index in [0.29, 0.717) is 12.0 Å². The van der Waals surface area contributed by atoms with Crippen LogP contribution in [0.4, 0.5) is 4.39 Å². The summed E-state index contributed by atoms with van der Waals surface area (Å²) in [5.41, 5.74) is 2.46. The van der Waals surface area contributed by atoms with Crippen LogP contribution in [0.1, 0.15) is 88.4 Å². The lowest BCUT2D eigenvalue weighted by molar-refractivity contribution is 0.0335. The number of halogens is 1. The van der Waals surface area contributed by atoms with Crippen molar-refractivity contribution in [2.24, 2.45) is 5.92 Å². The fraction of sp³-hybridized carbons (Fsp3) is 0.531. The summed E-state index contributed by atoms with van der Waals surface area (Å²) >= 11 is 0. The number of ether oxygens (including phenoxy) is 3. The topological polar surface area (TPSA) is 44.8 Å². The molecule has 2 aromatic carbocycles. The van der Waals surface area contributed by atoms with Crippen LogP contribution in [-0.4, -0.2) is 32.0 Å². The van der Waals surface area contributed by atoms with E-state index in [1.54, 1.807) is 12.1 Å². The molecule has 0 unspecified atom stereocenters. The molecule has 2 aromatic rings. The van der Waals surface area contributed by atoms with Crippen molar-refractivity contribution in [1.29, 1.82) is 0 Å². The number of unbranched alkanes of at least 4 members (excludes halogenated alkanes) is 8. The van der Waals surface area contributed by atoms with Gasteiger partial charge >= 0.3 is 5.97 Å². The van der Waals surface area contributed by atoms with Crippen LogP contribution in [0.3, 0.4) is 0 Å². The van der Waals surface area contributed by atoms with Gasteiger partial charge in [-0.25, -0.2) is 9.18 Å². The van der Waals surface area contributed by atoms with E-state index < -0.39 is 12.1 Å². The van der Waals surface area contributed by atoms with Gasteiger partial charge < -0.3 is 14.2 Å². The molecule has 0 fully saturated rings. The third-order valence-corrected chi connectivity index (χ3v) is 6.74. The summed E-state index contributed by atoms with van der Waals surface area (Å²) in [5.74, 6) is 0.250. The quantitative estimate of drug-likeness (QED) is 0.101. The fourth-order valence-corrected chi connectivity index (χ4v) is 4.00. The highest BCUT2D eigenvalue weighted by atomic mass is 19.1. The summed E-state index contributed by atoms with van der Waals surface area (Å²) < 4.78 is 30.1. The number of benzene rings is 2. The molecule has 0 bridgehead atoms. The van der Waals surface area contributed by atoms with E-state index in [4.69, 9.17) is 14.2 Å². The summed E-state index contributed by atoms with van der Waals surface area (Å²) in [7, 11) is 0. The molecule has 0 saturated heterocycles. The van der Waals surface area contributed by atoms with E-state index in [2.05, 4.69) is 6.58 Å². The summed E-state index contributed by atoms with van der Waals surface area (Å²) in [6.45, 7) is 8.61. The standard InChI is InChI=1S/C32H45FO4/c1-4-26(3)31(33)25-37-32(34)29-17-15-27(16-18-29)28-19-21-30(22-20-28)36-24-14-12-10-8-6-7-9-11-13-23-35-5-2/h5,15-22,26,31H,2,4,6-14,23-25H2,1,3H3/t26-,31-/m0/s1. The van der Waals surface area contributed by atoms with Crippen molar-refractivity contribution in [1.82, 2.24) is 0 Å². The first kappa shape index (κ1) is 30.4. The fourth-order valence-electron chi connectivity index (χ4n) is 4.00. The van der Waals surface area contributed by atoms with E-state index in [1.165, 1.54) is 51.2 Å². The van der Waals surface area contributed by atoms with Gasteiger partial charge in [0, 0.05) is 0 Å². The monoisotopic (exact) mass is 512 g/mol. The van der Waals surface area contributed by atoms with Crippen LogP contribution in [-0.2, 0) is 9.47 Å². The zero-order valence-electron chi connectivity index (χ0n) is 22.8. The molecule has 0 radical (unpaired) electrons. The van der Waals surface area contributed by atoms with Crippen LogP contribution in [0.5, 0.6) is 5.75 Å². The number of hydrogen-bond donors (Lipinski definition) is 0. The molecule has 0 aliphatic heterocycles. The van der Waals surface area contributed by atoms with Crippen LogP contribution in [0.2, 0.25) is 0 Å². The summed E-state index contributed by atoms with van der Waals surface area (Å²) in [6.07, 6.45) is 12.2. The Kier molecular flexibility index (Phi) is 15.1. The SMILES string of the molecule is C=COCCCCCCCCCCCOc1ccc(-c2ccc(C(=O)OC[C@H](F)[C@@H](C)CC)cc2)cc1. The van der Waals surface area contributed by atoms with Gasteiger partial charge in [0.1, 0.15) is 18.5 Å². The second-order valence-corrected chi connectivity index (χ2v) is 9.67. The summed E-state index contributed by atoms with van der Waals surface area (Å²) in [6, 6.07) is 15.2. The van der Waals surface area contributed by atoms with Crippen molar-refractivity contribution in [3.63, 3.8) is 0 Å². The van der Waals surface area contributed by atoms with Gasteiger partial charge in [0.2, 0.25) is 0 Å². The predicted octanol–water partition coefficient (Wildman–Crippen LogP) is 8.94. The minimum absolute atomic E-state index is 0.124. The van der Waals surface area contributed by atoms with Gasteiger partial charge in [0.05, 0.1) is 25.0 Å². The highest BCUT2D eigenvalue weighted by Crippen LogP contribution is 2.23. The highest BCUT2D eigenvalue weighted by molar-refractivity contribution is 5.90. The maximum Gasteiger partial charge on any atom is 0.338 e. The normalized spacial score (nSPS) is 12.5. The van der Waals surface area contributed by atoms with Crippen LogP contribution in [0, 0.1) is 5.92 Å². The number of carbonyl (C=O) groups excluding carboxylic acids is 1. The maximum atomic E-state index is 13.9. The molecule has 4 nitrogen and oxygen atoms in total. The summed E-state index contributed by atoms with van der Waals surface area (Å²) in [5, 5.41) is 0. The molecule has 0 aliphatic rings. The lowest BCUT2D eigenvalue weighted by Crippen LogP contribution is -2.21. The molecule has 2 atom stereocenters.